The molecule has 1 saturated heterocycles. The first kappa shape index (κ1) is 20.6. The maximum absolute atomic E-state index is 12.7. The molecule has 0 atom stereocenters. The summed E-state index contributed by atoms with van der Waals surface area (Å²) in [6, 6.07) is 3.73. The van der Waals surface area contributed by atoms with Crippen molar-refractivity contribution in [2.75, 3.05) is 31.1 Å². The van der Waals surface area contributed by atoms with Crippen LogP contribution >= 0.6 is 11.3 Å². The summed E-state index contributed by atoms with van der Waals surface area (Å²) in [5.74, 6) is 2.20. The van der Waals surface area contributed by atoms with E-state index in [2.05, 4.69) is 25.1 Å². The molecule has 166 valence electrons. The fourth-order valence-corrected chi connectivity index (χ4v) is 5.02. The van der Waals surface area contributed by atoms with Crippen molar-refractivity contribution < 1.29 is 4.79 Å². The van der Waals surface area contributed by atoms with Gasteiger partial charge in [-0.1, -0.05) is 0 Å². The van der Waals surface area contributed by atoms with Crippen LogP contribution in [-0.2, 0) is 17.8 Å². The minimum absolute atomic E-state index is 0.0285. The summed E-state index contributed by atoms with van der Waals surface area (Å²) >= 11 is 1.43. The maximum Gasteiger partial charge on any atom is 0.272 e. The topological polar surface area (TPSA) is 102 Å². The van der Waals surface area contributed by atoms with Crippen LogP contribution < -0.4 is 10.5 Å². The van der Waals surface area contributed by atoms with Gasteiger partial charge in [-0.3, -0.25) is 18.6 Å². The number of aromatic nitrogens is 6. The zero-order chi connectivity index (χ0) is 22.1. The van der Waals surface area contributed by atoms with Gasteiger partial charge < -0.3 is 9.80 Å². The monoisotopic (exact) mass is 452 g/mol. The van der Waals surface area contributed by atoms with Gasteiger partial charge in [0.2, 0.25) is 17.6 Å². The molecule has 0 aliphatic carbocycles. The first-order chi connectivity index (χ1) is 15.7. The van der Waals surface area contributed by atoms with Crippen LogP contribution in [0.25, 0.3) is 16.0 Å². The fraction of sp³-hybridized carbons (Fsp3) is 0.429. The first-order valence-electron chi connectivity index (χ1n) is 10.8. The molecule has 5 heterocycles. The minimum Gasteiger partial charge on any atom is -0.339 e. The molecule has 0 saturated carbocycles. The molecule has 0 radical (unpaired) electrons. The van der Waals surface area contributed by atoms with Gasteiger partial charge in [-0.2, -0.15) is 0 Å². The van der Waals surface area contributed by atoms with Crippen LogP contribution in [0.15, 0.2) is 34.7 Å². The Morgan fingerprint density at radius 2 is 1.91 bits per heavy atom. The van der Waals surface area contributed by atoms with E-state index in [4.69, 9.17) is 0 Å². The molecule has 0 aromatic carbocycles. The van der Waals surface area contributed by atoms with Gasteiger partial charge in [-0.05, 0) is 30.9 Å². The lowest BCUT2D eigenvalue weighted by Crippen LogP contribution is -2.49. The number of hydrogen-bond donors (Lipinski definition) is 0. The van der Waals surface area contributed by atoms with Gasteiger partial charge in [0, 0.05) is 58.0 Å². The van der Waals surface area contributed by atoms with Crippen LogP contribution in [0.5, 0.6) is 0 Å². The summed E-state index contributed by atoms with van der Waals surface area (Å²) in [6.45, 7) is 5.27. The average Bonchev–Trinajstić information content (AvgIpc) is 3.48. The Morgan fingerprint density at radius 1 is 1.12 bits per heavy atom. The number of rotatable bonds is 6. The van der Waals surface area contributed by atoms with Crippen molar-refractivity contribution in [3.63, 3.8) is 0 Å². The average molecular weight is 453 g/mol. The Bertz CT molecular complexity index is 1300. The van der Waals surface area contributed by atoms with Gasteiger partial charge in [-0.15, -0.1) is 21.5 Å². The lowest BCUT2D eigenvalue weighted by Gasteiger charge is -2.34. The molecule has 11 heteroatoms. The largest absolute Gasteiger partial charge is 0.339 e. The molecule has 1 amide bonds. The van der Waals surface area contributed by atoms with Gasteiger partial charge in [0.05, 0.1) is 5.52 Å². The summed E-state index contributed by atoms with van der Waals surface area (Å²) in [7, 11) is 0. The molecule has 1 fully saturated rings. The van der Waals surface area contributed by atoms with E-state index < -0.39 is 0 Å². The van der Waals surface area contributed by atoms with Crippen LogP contribution in [0.4, 0.5) is 5.95 Å². The van der Waals surface area contributed by atoms with Crippen molar-refractivity contribution in [1.29, 1.82) is 0 Å². The summed E-state index contributed by atoms with van der Waals surface area (Å²) in [5.41, 5.74) is 0.810. The third kappa shape index (κ3) is 3.62. The van der Waals surface area contributed by atoms with Crippen LogP contribution in [0, 0.1) is 0 Å². The van der Waals surface area contributed by atoms with Crippen molar-refractivity contribution in [2.24, 2.45) is 0 Å². The molecule has 5 rings (SSSR count). The van der Waals surface area contributed by atoms with Crippen LogP contribution in [0.2, 0.25) is 0 Å². The Morgan fingerprint density at radius 3 is 2.66 bits per heavy atom. The number of anilines is 1. The Labute approximate surface area is 188 Å². The molecule has 0 unspecified atom stereocenters. The number of amides is 1. The molecule has 1 aliphatic rings. The second-order valence-corrected chi connectivity index (χ2v) is 8.62. The number of thiophene rings is 1. The lowest BCUT2D eigenvalue weighted by atomic mass is 10.2. The third-order valence-electron chi connectivity index (χ3n) is 5.85. The predicted molar refractivity (Wildman–Crippen MR) is 122 cm³/mol. The van der Waals surface area contributed by atoms with Crippen molar-refractivity contribution >= 4 is 39.2 Å². The number of piperazine rings is 1. The summed E-state index contributed by atoms with van der Waals surface area (Å²) in [6.07, 6.45) is 5.22. The highest BCUT2D eigenvalue weighted by Gasteiger charge is 2.22. The summed E-state index contributed by atoms with van der Waals surface area (Å²) < 4.78 is 4.31. The number of nitrogens with zero attached hydrogens (tertiary/aromatic N) is 8. The van der Waals surface area contributed by atoms with Gasteiger partial charge in [0.15, 0.2) is 0 Å². The molecule has 1 aliphatic heterocycles. The van der Waals surface area contributed by atoms with Crippen molar-refractivity contribution in [3.05, 3.63) is 46.1 Å². The fourth-order valence-electron chi connectivity index (χ4n) is 4.19. The van der Waals surface area contributed by atoms with E-state index in [0.29, 0.717) is 55.3 Å². The Kier molecular flexibility index (Phi) is 5.56. The van der Waals surface area contributed by atoms with E-state index in [-0.39, 0.29) is 11.5 Å². The highest BCUT2D eigenvalue weighted by molar-refractivity contribution is 7.17. The molecule has 4 aromatic rings. The van der Waals surface area contributed by atoms with Crippen LogP contribution in [0.3, 0.4) is 0 Å². The van der Waals surface area contributed by atoms with Gasteiger partial charge in [0.1, 0.15) is 10.5 Å². The molecule has 0 N–H and O–H groups in total. The van der Waals surface area contributed by atoms with Crippen molar-refractivity contribution in [2.45, 2.75) is 32.7 Å². The normalized spacial score (nSPS) is 14.5. The summed E-state index contributed by atoms with van der Waals surface area (Å²) in [4.78, 5) is 38.0. The highest BCUT2D eigenvalue weighted by Crippen LogP contribution is 2.20. The second kappa shape index (κ2) is 8.65. The molecule has 32 heavy (non-hydrogen) atoms. The van der Waals surface area contributed by atoms with E-state index in [9.17, 15) is 9.59 Å². The van der Waals surface area contributed by atoms with E-state index in [1.807, 2.05) is 27.7 Å². The number of aryl methyl sites for hydroxylation is 2. The van der Waals surface area contributed by atoms with E-state index in [0.717, 1.165) is 24.4 Å². The number of fused-ring (bicyclic) bond motifs is 3. The van der Waals surface area contributed by atoms with Gasteiger partial charge in [-0.25, -0.2) is 9.97 Å². The molecule has 0 spiro atoms. The van der Waals surface area contributed by atoms with E-state index in [1.165, 1.54) is 11.3 Å². The highest BCUT2D eigenvalue weighted by atomic mass is 32.1. The van der Waals surface area contributed by atoms with Gasteiger partial charge in [0.25, 0.3) is 5.56 Å². The SMILES string of the molecule is CCn1c(=O)c2sccc2n2c(CCCC(=O)N3CCN(c4ncccn4)CC3)nnc12. The number of hydrogen-bond acceptors (Lipinski definition) is 8. The Balaban J connectivity index is 1.23. The quantitative estimate of drug-likeness (QED) is 0.438. The molecule has 10 nitrogen and oxygen atoms in total. The smallest absolute Gasteiger partial charge is 0.272 e. The zero-order valence-electron chi connectivity index (χ0n) is 17.8. The number of carbonyl (C=O) groups excluding carboxylic acids is 1. The first-order valence-corrected chi connectivity index (χ1v) is 11.7. The lowest BCUT2D eigenvalue weighted by molar-refractivity contribution is -0.131. The van der Waals surface area contributed by atoms with Crippen molar-refractivity contribution in [3.8, 4) is 0 Å². The molecule has 0 bridgehead atoms. The predicted octanol–water partition coefficient (Wildman–Crippen LogP) is 1.59. The van der Waals surface area contributed by atoms with E-state index >= 15 is 0 Å². The van der Waals surface area contributed by atoms with E-state index in [1.54, 1.807) is 23.0 Å². The zero-order valence-corrected chi connectivity index (χ0v) is 18.7. The second-order valence-electron chi connectivity index (χ2n) is 7.71. The number of carbonyl (C=O) groups is 1. The molecule has 4 aromatic heterocycles. The Hall–Kier alpha value is -3.34. The molecular formula is C21H24N8O2S. The summed E-state index contributed by atoms with van der Waals surface area (Å²) in [5, 5.41) is 10.5. The standard InChI is InChI=1S/C21H24N8O2S/c1-2-28-19(31)18-15(7-14-32-18)29-16(24-25-21(28)29)5-3-6-17(30)26-10-12-27(13-11-26)20-22-8-4-9-23-20/h4,7-9,14H,2-3,5-6,10-13H2,1H3. The van der Waals surface area contributed by atoms with Crippen molar-refractivity contribution in [1.82, 2.24) is 34.0 Å². The van der Waals surface area contributed by atoms with Gasteiger partial charge >= 0.3 is 0 Å². The minimum atomic E-state index is -0.0285. The molecular weight excluding hydrogens is 428 g/mol. The maximum atomic E-state index is 12.7. The third-order valence-corrected chi connectivity index (χ3v) is 6.75. The van der Waals surface area contributed by atoms with Crippen LogP contribution in [-0.4, -0.2) is 66.1 Å². The van der Waals surface area contributed by atoms with Crippen LogP contribution in [0.1, 0.15) is 25.6 Å².